The standard InChI is InChI=1S/C29H28O8/c1-17-4-10-20(11-5-17)26(30)34-16-23-24(36-27(31)21-12-6-18(2)7-13-21)25(29(33)35-23)37-28(32)22-14-8-19(3)9-15-22/h4-15,23-25,29,33H,16H2,1-3H3/t23-,24-,25-,29+/m1/s1. The van der Waals surface area contributed by atoms with Crippen LogP contribution < -0.4 is 0 Å². The average molecular weight is 505 g/mol. The maximum absolute atomic E-state index is 12.9. The third kappa shape index (κ3) is 6.41. The fraction of sp³-hybridized carbons (Fsp3) is 0.276. The van der Waals surface area contributed by atoms with Crippen LogP contribution in [-0.4, -0.2) is 54.2 Å². The lowest BCUT2D eigenvalue weighted by Crippen LogP contribution is -2.42. The van der Waals surface area contributed by atoms with Gasteiger partial charge in [0.2, 0.25) is 0 Å². The van der Waals surface area contributed by atoms with Crippen LogP contribution >= 0.6 is 0 Å². The van der Waals surface area contributed by atoms with Crippen molar-refractivity contribution in [2.24, 2.45) is 0 Å². The number of carbonyl (C=O) groups excluding carboxylic acids is 3. The van der Waals surface area contributed by atoms with Crippen molar-refractivity contribution in [1.82, 2.24) is 0 Å². The molecular weight excluding hydrogens is 476 g/mol. The molecule has 3 aromatic rings. The van der Waals surface area contributed by atoms with Gasteiger partial charge in [-0.2, -0.15) is 0 Å². The predicted octanol–water partition coefficient (Wildman–Crippen LogP) is 3.94. The summed E-state index contributed by atoms with van der Waals surface area (Å²) in [5.74, 6) is -2.03. The molecule has 0 aromatic heterocycles. The van der Waals surface area contributed by atoms with Crippen LogP contribution in [0.3, 0.4) is 0 Å². The average Bonchev–Trinajstić information content (AvgIpc) is 3.17. The number of aliphatic hydroxyl groups is 1. The van der Waals surface area contributed by atoms with Crippen molar-refractivity contribution in [3.63, 3.8) is 0 Å². The summed E-state index contributed by atoms with van der Waals surface area (Å²) in [5.41, 5.74) is 3.77. The van der Waals surface area contributed by atoms with E-state index in [2.05, 4.69) is 0 Å². The third-order valence-electron chi connectivity index (χ3n) is 6.01. The molecule has 1 heterocycles. The smallest absolute Gasteiger partial charge is 0.338 e. The molecule has 1 N–H and O–H groups in total. The Balaban J connectivity index is 1.52. The summed E-state index contributed by atoms with van der Waals surface area (Å²) < 4.78 is 22.1. The van der Waals surface area contributed by atoms with Crippen molar-refractivity contribution in [1.29, 1.82) is 0 Å². The third-order valence-corrected chi connectivity index (χ3v) is 6.01. The van der Waals surface area contributed by atoms with Crippen LogP contribution in [0.4, 0.5) is 0 Å². The molecule has 1 saturated heterocycles. The van der Waals surface area contributed by atoms with Gasteiger partial charge in [0.1, 0.15) is 12.7 Å². The second-order valence-corrected chi connectivity index (χ2v) is 9.00. The topological polar surface area (TPSA) is 108 Å². The lowest BCUT2D eigenvalue weighted by atomic mass is 10.1. The fourth-order valence-corrected chi connectivity index (χ4v) is 3.80. The molecule has 4 rings (SSSR count). The summed E-state index contributed by atoms with van der Waals surface area (Å²) in [6.07, 6.45) is -5.25. The van der Waals surface area contributed by atoms with E-state index >= 15 is 0 Å². The largest absolute Gasteiger partial charge is 0.459 e. The second-order valence-electron chi connectivity index (χ2n) is 9.00. The van der Waals surface area contributed by atoms with Crippen LogP contribution in [0.5, 0.6) is 0 Å². The summed E-state index contributed by atoms with van der Waals surface area (Å²) in [6.45, 7) is 5.32. The molecule has 0 bridgehead atoms. The Labute approximate surface area is 214 Å². The first-order valence-electron chi connectivity index (χ1n) is 11.8. The normalized spacial score (nSPS) is 20.8. The van der Waals surface area contributed by atoms with Crippen LogP contribution in [0.1, 0.15) is 47.8 Å². The quantitative estimate of drug-likeness (QED) is 0.381. The van der Waals surface area contributed by atoms with Gasteiger partial charge in [0.15, 0.2) is 18.5 Å². The van der Waals surface area contributed by atoms with E-state index < -0.39 is 42.5 Å². The summed E-state index contributed by atoms with van der Waals surface area (Å²) in [5, 5.41) is 10.6. The van der Waals surface area contributed by atoms with Gasteiger partial charge < -0.3 is 24.1 Å². The molecule has 4 atom stereocenters. The molecule has 1 fully saturated rings. The van der Waals surface area contributed by atoms with Crippen molar-refractivity contribution in [2.45, 2.75) is 45.4 Å². The number of esters is 3. The zero-order valence-corrected chi connectivity index (χ0v) is 20.7. The van der Waals surface area contributed by atoms with Gasteiger partial charge in [-0.25, -0.2) is 14.4 Å². The van der Waals surface area contributed by atoms with E-state index in [1.807, 2.05) is 20.8 Å². The fourth-order valence-electron chi connectivity index (χ4n) is 3.80. The van der Waals surface area contributed by atoms with E-state index in [0.717, 1.165) is 16.7 Å². The predicted molar refractivity (Wildman–Crippen MR) is 133 cm³/mol. The Morgan fingerprint density at radius 2 is 1.03 bits per heavy atom. The van der Waals surface area contributed by atoms with Crippen molar-refractivity contribution >= 4 is 17.9 Å². The van der Waals surface area contributed by atoms with Gasteiger partial charge in [-0.1, -0.05) is 53.1 Å². The minimum atomic E-state index is -1.60. The Kier molecular flexibility index (Phi) is 8.01. The van der Waals surface area contributed by atoms with Gasteiger partial charge >= 0.3 is 17.9 Å². The second kappa shape index (κ2) is 11.4. The van der Waals surface area contributed by atoms with Crippen LogP contribution in [0, 0.1) is 20.8 Å². The number of hydrogen-bond donors (Lipinski definition) is 1. The minimum absolute atomic E-state index is 0.260. The molecule has 0 saturated carbocycles. The van der Waals surface area contributed by atoms with Crippen molar-refractivity contribution in [2.75, 3.05) is 6.61 Å². The molecule has 0 spiro atoms. The first-order valence-corrected chi connectivity index (χ1v) is 11.8. The van der Waals surface area contributed by atoms with E-state index in [0.29, 0.717) is 5.56 Å². The van der Waals surface area contributed by atoms with Crippen molar-refractivity contribution < 1.29 is 38.4 Å². The van der Waals surface area contributed by atoms with Crippen molar-refractivity contribution in [3.8, 4) is 0 Å². The SMILES string of the molecule is Cc1ccc(C(=O)OC[C@H]2O[C@H](O)[C@H](OC(=O)c3ccc(C)cc3)[C@@H]2OC(=O)c2ccc(C)cc2)cc1. The molecule has 8 heteroatoms. The van der Waals surface area contributed by atoms with E-state index in [-0.39, 0.29) is 17.7 Å². The van der Waals surface area contributed by atoms with Gasteiger partial charge in [0, 0.05) is 0 Å². The number of rotatable bonds is 7. The Hall–Kier alpha value is -4.01. The molecule has 3 aromatic carbocycles. The summed E-state index contributed by atoms with van der Waals surface area (Å²) in [6, 6.07) is 20.2. The Bertz CT molecular complexity index is 1250. The minimum Gasteiger partial charge on any atom is -0.459 e. The van der Waals surface area contributed by atoms with Gasteiger partial charge in [-0.15, -0.1) is 0 Å². The van der Waals surface area contributed by atoms with Gasteiger partial charge in [0.05, 0.1) is 16.7 Å². The summed E-state index contributed by atoms with van der Waals surface area (Å²) in [7, 11) is 0. The zero-order chi connectivity index (χ0) is 26.5. The Morgan fingerprint density at radius 1 is 0.649 bits per heavy atom. The highest BCUT2D eigenvalue weighted by Gasteiger charge is 2.50. The van der Waals surface area contributed by atoms with Gasteiger partial charge in [-0.05, 0) is 57.2 Å². The first-order chi connectivity index (χ1) is 17.7. The highest BCUT2D eigenvalue weighted by atomic mass is 16.7. The van der Waals surface area contributed by atoms with E-state index in [1.54, 1.807) is 72.8 Å². The maximum atomic E-state index is 12.9. The van der Waals surface area contributed by atoms with E-state index in [9.17, 15) is 19.5 Å². The number of carbonyl (C=O) groups is 3. The van der Waals surface area contributed by atoms with Gasteiger partial charge in [0.25, 0.3) is 0 Å². The molecule has 37 heavy (non-hydrogen) atoms. The lowest BCUT2D eigenvalue weighted by molar-refractivity contribution is -0.135. The van der Waals surface area contributed by atoms with E-state index in [1.165, 1.54) is 0 Å². The van der Waals surface area contributed by atoms with E-state index in [4.69, 9.17) is 18.9 Å². The highest BCUT2D eigenvalue weighted by Crippen LogP contribution is 2.28. The summed E-state index contributed by atoms with van der Waals surface area (Å²) >= 11 is 0. The molecule has 8 nitrogen and oxygen atoms in total. The number of aryl methyl sites for hydroxylation is 3. The lowest BCUT2D eigenvalue weighted by Gasteiger charge is -2.23. The van der Waals surface area contributed by atoms with Crippen LogP contribution in [0.25, 0.3) is 0 Å². The Morgan fingerprint density at radius 3 is 1.46 bits per heavy atom. The van der Waals surface area contributed by atoms with Crippen molar-refractivity contribution in [3.05, 3.63) is 106 Å². The van der Waals surface area contributed by atoms with Crippen LogP contribution in [-0.2, 0) is 18.9 Å². The molecule has 0 amide bonds. The number of ether oxygens (including phenoxy) is 4. The van der Waals surface area contributed by atoms with Crippen LogP contribution in [0.15, 0.2) is 72.8 Å². The molecule has 0 aliphatic carbocycles. The van der Waals surface area contributed by atoms with Crippen LogP contribution in [0.2, 0.25) is 0 Å². The number of hydrogen-bond acceptors (Lipinski definition) is 8. The van der Waals surface area contributed by atoms with Gasteiger partial charge in [-0.3, -0.25) is 0 Å². The molecule has 0 radical (unpaired) electrons. The number of benzene rings is 3. The monoisotopic (exact) mass is 504 g/mol. The number of aliphatic hydroxyl groups excluding tert-OH is 1. The zero-order valence-electron chi connectivity index (χ0n) is 20.7. The molecule has 0 unspecified atom stereocenters. The molecule has 1 aliphatic heterocycles. The highest BCUT2D eigenvalue weighted by molar-refractivity contribution is 5.91. The molecule has 1 aliphatic rings. The molecular formula is C29H28O8. The maximum Gasteiger partial charge on any atom is 0.338 e. The molecule has 192 valence electrons. The summed E-state index contributed by atoms with van der Waals surface area (Å²) in [4.78, 5) is 38.2. The first kappa shape index (κ1) is 26.1.